The average Bonchev–Trinajstić information content (AvgIpc) is 2.32. The molecule has 0 saturated carbocycles. The Morgan fingerprint density at radius 3 is 2.79 bits per heavy atom. The summed E-state index contributed by atoms with van der Waals surface area (Å²) in [5, 5.41) is 2.56. The van der Waals surface area contributed by atoms with E-state index >= 15 is 0 Å². The van der Waals surface area contributed by atoms with Crippen LogP contribution >= 0.6 is 15.9 Å². The number of pyridine rings is 1. The van der Waals surface area contributed by atoms with Gasteiger partial charge in [0.25, 0.3) is 5.91 Å². The molecule has 1 heterocycles. The predicted octanol–water partition coefficient (Wildman–Crippen LogP) is 3.13. The lowest BCUT2D eigenvalue weighted by molar-refractivity contribution is 0.102. The van der Waals surface area contributed by atoms with Gasteiger partial charge in [0, 0.05) is 16.4 Å². The van der Waals surface area contributed by atoms with Crippen LogP contribution in [0.1, 0.15) is 15.9 Å². The molecule has 0 radical (unpaired) electrons. The Hall–Kier alpha value is -1.95. The molecule has 0 unspecified atom stereocenters. The number of carbonyl (C=O) groups is 1. The quantitative estimate of drug-likeness (QED) is 0.834. The second-order valence-electron chi connectivity index (χ2n) is 4.01. The van der Waals surface area contributed by atoms with Gasteiger partial charge in [0.1, 0.15) is 11.6 Å². The SMILES string of the molecule is Cc1cc(Br)cnc1NC(=O)c1ccc(N)cc1F. The van der Waals surface area contributed by atoms with Crippen molar-refractivity contribution in [1.82, 2.24) is 4.98 Å². The maximum absolute atomic E-state index is 13.6. The van der Waals surface area contributed by atoms with Gasteiger partial charge in [-0.15, -0.1) is 0 Å². The van der Waals surface area contributed by atoms with E-state index in [9.17, 15) is 9.18 Å². The molecule has 0 aliphatic heterocycles. The number of nitrogens with one attached hydrogen (secondary N) is 1. The molecule has 0 aliphatic rings. The van der Waals surface area contributed by atoms with Gasteiger partial charge in [-0.3, -0.25) is 4.79 Å². The smallest absolute Gasteiger partial charge is 0.259 e. The van der Waals surface area contributed by atoms with Crippen molar-refractivity contribution in [1.29, 1.82) is 0 Å². The highest BCUT2D eigenvalue weighted by atomic mass is 79.9. The highest BCUT2D eigenvalue weighted by Crippen LogP contribution is 2.18. The standard InChI is InChI=1S/C13H11BrFN3O/c1-7-4-8(14)6-17-12(7)18-13(19)10-3-2-9(16)5-11(10)15/h2-6H,16H2,1H3,(H,17,18,19). The summed E-state index contributed by atoms with van der Waals surface area (Å²) in [6.07, 6.45) is 1.56. The lowest BCUT2D eigenvalue weighted by Crippen LogP contribution is -2.15. The summed E-state index contributed by atoms with van der Waals surface area (Å²) in [5.41, 5.74) is 6.41. The molecule has 3 N–H and O–H groups in total. The number of anilines is 2. The number of nitrogens with zero attached hydrogens (tertiary/aromatic N) is 1. The Labute approximate surface area is 118 Å². The summed E-state index contributed by atoms with van der Waals surface area (Å²) >= 11 is 3.28. The van der Waals surface area contributed by atoms with Crippen molar-refractivity contribution in [3.05, 3.63) is 51.9 Å². The molecule has 1 aromatic carbocycles. The second kappa shape index (κ2) is 5.36. The van der Waals surface area contributed by atoms with Crippen molar-refractivity contribution >= 4 is 33.3 Å². The summed E-state index contributed by atoms with van der Waals surface area (Å²) in [7, 11) is 0. The molecule has 0 aliphatic carbocycles. The van der Waals surface area contributed by atoms with Crippen molar-refractivity contribution in [2.75, 3.05) is 11.1 Å². The zero-order chi connectivity index (χ0) is 14.0. The van der Waals surface area contributed by atoms with E-state index in [1.807, 2.05) is 6.07 Å². The Morgan fingerprint density at radius 1 is 1.42 bits per heavy atom. The molecule has 2 rings (SSSR count). The zero-order valence-electron chi connectivity index (χ0n) is 10.1. The monoisotopic (exact) mass is 323 g/mol. The van der Waals surface area contributed by atoms with Crippen LogP contribution in [0.15, 0.2) is 34.9 Å². The third-order valence-electron chi connectivity index (χ3n) is 2.51. The molecule has 0 saturated heterocycles. The molecule has 2 aromatic rings. The Kier molecular flexibility index (Phi) is 3.80. The summed E-state index contributed by atoms with van der Waals surface area (Å²) < 4.78 is 14.4. The normalized spacial score (nSPS) is 10.3. The van der Waals surface area contributed by atoms with Gasteiger partial charge in [0.15, 0.2) is 0 Å². The third-order valence-corrected chi connectivity index (χ3v) is 2.95. The molecule has 19 heavy (non-hydrogen) atoms. The molecule has 0 fully saturated rings. The maximum Gasteiger partial charge on any atom is 0.259 e. The topological polar surface area (TPSA) is 68.0 Å². The van der Waals surface area contributed by atoms with E-state index in [1.54, 1.807) is 13.1 Å². The number of amides is 1. The van der Waals surface area contributed by atoms with E-state index in [4.69, 9.17) is 5.73 Å². The van der Waals surface area contributed by atoms with E-state index in [0.717, 1.165) is 16.1 Å². The fourth-order valence-corrected chi connectivity index (χ4v) is 2.01. The number of halogens is 2. The molecule has 0 bridgehead atoms. The molecule has 4 nitrogen and oxygen atoms in total. The van der Waals surface area contributed by atoms with Crippen LogP contribution in [0, 0.1) is 12.7 Å². The van der Waals surface area contributed by atoms with Gasteiger partial charge < -0.3 is 11.1 Å². The number of nitrogen functional groups attached to an aromatic ring is 1. The zero-order valence-corrected chi connectivity index (χ0v) is 11.7. The first-order valence-corrected chi connectivity index (χ1v) is 6.25. The first kappa shape index (κ1) is 13.5. The number of aryl methyl sites for hydroxylation is 1. The van der Waals surface area contributed by atoms with Crippen molar-refractivity contribution < 1.29 is 9.18 Å². The van der Waals surface area contributed by atoms with E-state index in [1.165, 1.54) is 12.1 Å². The molecule has 98 valence electrons. The number of aromatic nitrogens is 1. The van der Waals surface area contributed by atoms with Crippen LogP contribution in [0.4, 0.5) is 15.9 Å². The first-order valence-electron chi connectivity index (χ1n) is 5.46. The van der Waals surface area contributed by atoms with Crippen LogP contribution in [-0.4, -0.2) is 10.9 Å². The minimum Gasteiger partial charge on any atom is -0.399 e. The number of carbonyl (C=O) groups excluding carboxylic acids is 1. The Morgan fingerprint density at radius 2 is 2.16 bits per heavy atom. The van der Waals surface area contributed by atoms with Crippen LogP contribution in [0.3, 0.4) is 0 Å². The number of benzene rings is 1. The van der Waals surface area contributed by atoms with E-state index in [0.29, 0.717) is 5.82 Å². The molecule has 6 heteroatoms. The predicted molar refractivity (Wildman–Crippen MR) is 75.4 cm³/mol. The fourth-order valence-electron chi connectivity index (χ4n) is 1.56. The van der Waals surface area contributed by atoms with Crippen LogP contribution in [0.2, 0.25) is 0 Å². The van der Waals surface area contributed by atoms with Crippen molar-refractivity contribution in [3.8, 4) is 0 Å². The van der Waals surface area contributed by atoms with Crippen LogP contribution in [0.25, 0.3) is 0 Å². The van der Waals surface area contributed by atoms with Crippen LogP contribution in [-0.2, 0) is 0 Å². The first-order chi connectivity index (χ1) is 8.97. The molecular formula is C13H11BrFN3O. The number of nitrogens with two attached hydrogens (primary N) is 1. The summed E-state index contributed by atoms with van der Waals surface area (Å²) in [4.78, 5) is 16.0. The maximum atomic E-state index is 13.6. The molecule has 1 aromatic heterocycles. The highest BCUT2D eigenvalue weighted by Gasteiger charge is 2.13. The van der Waals surface area contributed by atoms with Crippen molar-refractivity contribution in [3.63, 3.8) is 0 Å². The van der Waals surface area contributed by atoms with Gasteiger partial charge in [-0.1, -0.05) is 0 Å². The van der Waals surface area contributed by atoms with Gasteiger partial charge in [0.05, 0.1) is 5.56 Å². The van der Waals surface area contributed by atoms with Gasteiger partial charge in [-0.05, 0) is 52.7 Å². The van der Waals surface area contributed by atoms with E-state index in [-0.39, 0.29) is 11.3 Å². The van der Waals surface area contributed by atoms with Gasteiger partial charge in [-0.2, -0.15) is 0 Å². The minimum atomic E-state index is -0.660. The van der Waals surface area contributed by atoms with Gasteiger partial charge in [0.2, 0.25) is 0 Å². The average molecular weight is 324 g/mol. The lowest BCUT2D eigenvalue weighted by atomic mass is 10.1. The lowest BCUT2D eigenvalue weighted by Gasteiger charge is -2.08. The highest BCUT2D eigenvalue weighted by molar-refractivity contribution is 9.10. The Balaban J connectivity index is 2.25. The molecular weight excluding hydrogens is 313 g/mol. The fraction of sp³-hybridized carbons (Fsp3) is 0.0769. The van der Waals surface area contributed by atoms with Crippen LogP contribution in [0.5, 0.6) is 0 Å². The minimum absolute atomic E-state index is 0.0710. The largest absolute Gasteiger partial charge is 0.399 e. The number of hydrogen-bond acceptors (Lipinski definition) is 3. The summed E-state index contributed by atoms with van der Waals surface area (Å²) in [5.74, 6) is -0.827. The summed E-state index contributed by atoms with van der Waals surface area (Å²) in [6.45, 7) is 1.80. The molecule has 0 spiro atoms. The number of rotatable bonds is 2. The second-order valence-corrected chi connectivity index (χ2v) is 4.93. The van der Waals surface area contributed by atoms with E-state index in [2.05, 4.69) is 26.2 Å². The van der Waals surface area contributed by atoms with Crippen molar-refractivity contribution in [2.45, 2.75) is 6.92 Å². The van der Waals surface area contributed by atoms with Crippen LogP contribution < -0.4 is 11.1 Å². The number of hydrogen-bond donors (Lipinski definition) is 2. The Bertz CT molecular complexity index is 646. The molecule has 1 amide bonds. The van der Waals surface area contributed by atoms with E-state index < -0.39 is 11.7 Å². The summed E-state index contributed by atoms with van der Waals surface area (Å²) in [6, 6.07) is 5.73. The van der Waals surface area contributed by atoms with Crippen molar-refractivity contribution in [2.24, 2.45) is 0 Å². The molecule has 0 atom stereocenters. The van der Waals surface area contributed by atoms with Gasteiger partial charge in [-0.25, -0.2) is 9.37 Å². The third kappa shape index (κ3) is 3.08. The van der Waals surface area contributed by atoms with Gasteiger partial charge >= 0.3 is 0 Å².